The molecule has 3 rings (SSSR count). The summed E-state index contributed by atoms with van der Waals surface area (Å²) in [7, 11) is 1.51. The standard InChI is InChI=1S/C13H14ClN5O4/c1-6(20)22-8-3-7(12(21)15-2)23-13(8)19-5-18-9-10(14)16-4-17-11(9)19/h4-5,7-8,13H,3H2,1-2H3,(H,15,21)/t7-,8+,13+/m0/s1. The second-order valence-corrected chi connectivity index (χ2v) is 5.36. The van der Waals surface area contributed by atoms with Gasteiger partial charge in [-0.1, -0.05) is 11.6 Å². The highest BCUT2D eigenvalue weighted by Crippen LogP contribution is 2.34. The van der Waals surface area contributed by atoms with Gasteiger partial charge in [0.2, 0.25) is 5.91 Å². The number of rotatable bonds is 3. The molecule has 122 valence electrons. The van der Waals surface area contributed by atoms with Gasteiger partial charge in [0.05, 0.1) is 6.33 Å². The molecule has 2 aromatic heterocycles. The van der Waals surface area contributed by atoms with Crippen LogP contribution in [0.5, 0.6) is 0 Å². The number of esters is 1. The van der Waals surface area contributed by atoms with E-state index < -0.39 is 24.4 Å². The Kier molecular flexibility index (Phi) is 4.14. The smallest absolute Gasteiger partial charge is 0.303 e. The number of imidazole rings is 1. The molecule has 1 N–H and O–H groups in total. The summed E-state index contributed by atoms with van der Waals surface area (Å²) in [6.45, 7) is 1.30. The minimum Gasteiger partial charge on any atom is -0.458 e. The third-order valence-electron chi connectivity index (χ3n) is 3.51. The fourth-order valence-electron chi connectivity index (χ4n) is 2.54. The molecule has 0 radical (unpaired) electrons. The average molecular weight is 340 g/mol. The Balaban J connectivity index is 1.98. The van der Waals surface area contributed by atoms with Crippen LogP contribution in [-0.2, 0) is 19.1 Å². The number of nitrogens with zero attached hydrogens (tertiary/aromatic N) is 4. The highest BCUT2D eigenvalue weighted by Gasteiger charge is 2.42. The van der Waals surface area contributed by atoms with E-state index in [0.717, 1.165) is 0 Å². The van der Waals surface area contributed by atoms with Crippen LogP contribution in [0, 0.1) is 0 Å². The Morgan fingerprint density at radius 2 is 2.22 bits per heavy atom. The molecule has 0 saturated carbocycles. The quantitative estimate of drug-likeness (QED) is 0.638. The number of carbonyl (C=O) groups is 2. The molecule has 0 aliphatic carbocycles. The number of nitrogens with one attached hydrogen (secondary N) is 1. The lowest BCUT2D eigenvalue weighted by molar-refractivity contribution is -0.152. The summed E-state index contributed by atoms with van der Waals surface area (Å²) in [5.41, 5.74) is 0.840. The second kappa shape index (κ2) is 6.09. The second-order valence-electron chi connectivity index (χ2n) is 5.00. The molecular weight excluding hydrogens is 326 g/mol. The van der Waals surface area contributed by atoms with Crippen molar-refractivity contribution in [2.24, 2.45) is 0 Å². The normalized spacial score (nSPS) is 23.9. The SMILES string of the molecule is CNC(=O)[C@@H]1C[C@@H](OC(C)=O)[C@H](n2cnc3c(Cl)ncnc32)O1. The van der Waals surface area contributed by atoms with Crippen molar-refractivity contribution in [2.75, 3.05) is 7.05 Å². The monoisotopic (exact) mass is 339 g/mol. The van der Waals surface area contributed by atoms with Crippen LogP contribution in [0.15, 0.2) is 12.7 Å². The Labute approximate surface area is 136 Å². The van der Waals surface area contributed by atoms with Gasteiger partial charge in [0.25, 0.3) is 0 Å². The van der Waals surface area contributed by atoms with Crippen LogP contribution >= 0.6 is 11.6 Å². The molecule has 1 aliphatic heterocycles. The van der Waals surface area contributed by atoms with E-state index in [4.69, 9.17) is 21.1 Å². The number of carbonyl (C=O) groups excluding carboxylic acids is 2. The molecule has 0 bridgehead atoms. The topological polar surface area (TPSA) is 108 Å². The molecule has 0 aromatic carbocycles. The molecule has 3 heterocycles. The molecular formula is C13H14ClN5O4. The van der Waals surface area contributed by atoms with E-state index >= 15 is 0 Å². The van der Waals surface area contributed by atoms with E-state index in [1.165, 1.54) is 26.6 Å². The van der Waals surface area contributed by atoms with E-state index in [1.807, 2.05) is 0 Å². The van der Waals surface area contributed by atoms with Gasteiger partial charge in [0, 0.05) is 20.4 Å². The van der Waals surface area contributed by atoms with Crippen LogP contribution in [0.2, 0.25) is 5.15 Å². The van der Waals surface area contributed by atoms with Crippen molar-refractivity contribution in [3.05, 3.63) is 17.8 Å². The van der Waals surface area contributed by atoms with Crippen LogP contribution in [0.3, 0.4) is 0 Å². The van der Waals surface area contributed by atoms with E-state index in [9.17, 15) is 9.59 Å². The van der Waals surface area contributed by atoms with Crippen LogP contribution in [0.25, 0.3) is 11.2 Å². The van der Waals surface area contributed by atoms with Gasteiger partial charge in [0.1, 0.15) is 24.1 Å². The number of amides is 1. The Bertz CT molecular complexity index is 764. The number of hydrogen-bond acceptors (Lipinski definition) is 7. The number of aromatic nitrogens is 4. The van der Waals surface area contributed by atoms with Crippen molar-refractivity contribution in [1.29, 1.82) is 0 Å². The average Bonchev–Trinajstić information content (AvgIpc) is 3.10. The van der Waals surface area contributed by atoms with E-state index in [-0.39, 0.29) is 17.5 Å². The molecule has 1 fully saturated rings. The molecule has 3 atom stereocenters. The van der Waals surface area contributed by atoms with Gasteiger partial charge >= 0.3 is 5.97 Å². The first-order valence-electron chi connectivity index (χ1n) is 6.88. The van der Waals surface area contributed by atoms with Gasteiger partial charge in [0.15, 0.2) is 17.0 Å². The summed E-state index contributed by atoms with van der Waals surface area (Å²) in [5.74, 6) is -0.750. The van der Waals surface area contributed by atoms with Crippen molar-refractivity contribution >= 4 is 34.6 Å². The maximum absolute atomic E-state index is 11.8. The highest BCUT2D eigenvalue weighted by molar-refractivity contribution is 6.33. The number of halogens is 1. The van der Waals surface area contributed by atoms with Crippen LogP contribution in [-0.4, -0.2) is 50.7 Å². The summed E-state index contributed by atoms with van der Waals surface area (Å²) in [4.78, 5) is 35.3. The molecule has 10 heteroatoms. The Morgan fingerprint density at radius 3 is 2.91 bits per heavy atom. The maximum Gasteiger partial charge on any atom is 0.303 e. The number of hydrogen-bond donors (Lipinski definition) is 1. The zero-order valence-electron chi connectivity index (χ0n) is 12.4. The summed E-state index contributed by atoms with van der Waals surface area (Å²) < 4.78 is 12.6. The number of likely N-dealkylation sites (N-methyl/N-ethyl adjacent to an activating group) is 1. The zero-order chi connectivity index (χ0) is 16.6. The fraction of sp³-hybridized carbons (Fsp3) is 0.462. The maximum atomic E-state index is 11.8. The third-order valence-corrected chi connectivity index (χ3v) is 3.79. The van der Waals surface area contributed by atoms with Crippen LogP contribution in [0.1, 0.15) is 19.6 Å². The van der Waals surface area contributed by atoms with Crippen LogP contribution in [0.4, 0.5) is 0 Å². The first-order chi connectivity index (χ1) is 11.0. The lowest BCUT2D eigenvalue weighted by atomic mass is 10.2. The lowest BCUT2D eigenvalue weighted by Crippen LogP contribution is -2.31. The largest absolute Gasteiger partial charge is 0.458 e. The van der Waals surface area contributed by atoms with E-state index in [0.29, 0.717) is 11.2 Å². The highest BCUT2D eigenvalue weighted by atomic mass is 35.5. The molecule has 2 aromatic rings. The number of ether oxygens (including phenoxy) is 2. The molecule has 1 saturated heterocycles. The first-order valence-corrected chi connectivity index (χ1v) is 7.26. The van der Waals surface area contributed by atoms with Crippen molar-refractivity contribution in [3.63, 3.8) is 0 Å². The molecule has 9 nitrogen and oxygen atoms in total. The summed E-state index contributed by atoms with van der Waals surface area (Å²) in [5, 5.41) is 2.72. The summed E-state index contributed by atoms with van der Waals surface area (Å²) >= 11 is 5.98. The fourth-order valence-corrected chi connectivity index (χ4v) is 2.72. The molecule has 0 spiro atoms. The third kappa shape index (κ3) is 2.84. The minimum atomic E-state index is -0.732. The zero-order valence-corrected chi connectivity index (χ0v) is 13.1. The van der Waals surface area contributed by atoms with Gasteiger partial charge in [-0.25, -0.2) is 15.0 Å². The van der Waals surface area contributed by atoms with Crippen molar-refractivity contribution in [1.82, 2.24) is 24.8 Å². The van der Waals surface area contributed by atoms with Gasteiger partial charge in [-0.15, -0.1) is 0 Å². The first kappa shape index (κ1) is 15.6. The predicted octanol–water partition coefficient (Wildman–Crippen LogP) is 0.445. The van der Waals surface area contributed by atoms with Crippen molar-refractivity contribution < 1.29 is 19.1 Å². The van der Waals surface area contributed by atoms with Crippen molar-refractivity contribution in [3.8, 4) is 0 Å². The lowest BCUT2D eigenvalue weighted by Gasteiger charge is -2.19. The molecule has 1 amide bonds. The Hall–Kier alpha value is -2.26. The molecule has 23 heavy (non-hydrogen) atoms. The summed E-state index contributed by atoms with van der Waals surface area (Å²) in [6, 6.07) is 0. The number of fused-ring (bicyclic) bond motifs is 1. The van der Waals surface area contributed by atoms with Crippen molar-refractivity contribution in [2.45, 2.75) is 31.8 Å². The minimum absolute atomic E-state index is 0.207. The van der Waals surface area contributed by atoms with Gasteiger partial charge in [-0.2, -0.15) is 0 Å². The Morgan fingerprint density at radius 1 is 1.43 bits per heavy atom. The van der Waals surface area contributed by atoms with Gasteiger partial charge in [-0.05, 0) is 0 Å². The van der Waals surface area contributed by atoms with Gasteiger partial charge in [-0.3, -0.25) is 14.2 Å². The van der Waals surface area contributed by atoms with E-state index in [2.05, 4.69) is 20.3 Å². The molecule has 0 unspecified atom stereocenters. The van der Waals surface area contributed by atoms with Gasteiger partial charge < -0.3 is 14.8 Å². The molecule has 1 aliphatic rings. The predicted molar refractivity (Wildman–Crippen MR) is 78.5 cm³/mol. The van der Waals surface area contributed by atoms with E-state index in [1.54, 1.807) is 4.57 Å². The summed E-state index contributed by atoms with van der Waals surface area (Å²) in [6.07, 6.45) is 0.915. The van der Waals surface area contributed by atoms with Crippen LogP contribution < -0.4 is 5.32 Å².